The molecule has 88 valence electrons. The Balaban J connectivity index is 1.73. The lowest BCUT2D eigenvalue weighted by Crippen LogP contribution is -2.36. The maximum atomic E-state index is 9.43. The second-order valence-electron chi connectivity index (χ2n) is 5.55. The van der Waals surface area contributed by atoms with Gasteiger partial charge in [-0.05, 0) is 31.2 Å². The van der Waals surface area contributed by atoms with Crippen LogP contribution in [0.2, 0.25) is 0 Å². The van der Waals surface area contributed by atoms with E-state index in [4.69, 9.17) is 0 Å². The van der Waals surface area contributed by atoms with Crippen LogP contribution in [0.4, 0.5) is 0 Å². The molecule has 2 fully saturated rings. The zero-order valence-electron chi connectivity index (χ0n) is 9.95. The Morgan fingerprint density at radius 2 is 2.27 bits per heavy atom. The summed E-state index contributed by atoms with van der Waals surface area (Å²) in [6.07, 6.45) is 2.17. The first-order valence-electron chi connectivity index (χ1n) is 6.29. The van der Waals surface area contributed by atoms with Crippen LogP contribution in [0.25, 0.3) is 0 Å². The lowest BCUT2D eigenvalue weighted by molar-refractivity contribution is 0.189. The molecule has 0 aliphatic carbocycles. The minimum atomic E-state index is -0.113. The molecule has 2 saturated heterocycles. The third-order valence-electron chi connectivity index (χ3n) is 3.93. The third-order valence-corrected chi connectivity index (χ3v) is 3.93. The van der Waals surface area contributed by atoms with Gasteiger partial charge in [-0.15, -0.1) is 0 Å². The quantitative estimate of drug-likeness (QED) is 0.722. The monoisotopic (exact) mass is 212 g/mol. The SMILES string of the molecule is CC(C)C1CCN(CC2CC(O)CN2)C1. The number of aliphatic hydroxyl groups excluding tert-OH is 1. The Hall–Kier alpha value is -0.120. The molecule has 0 aromatic heterocycles. The topological polar surface area (TPSA) is 35.5 Å². The summed E-state index contributed by atoms with van der Waals surface area (Å²) in [7, 11) is 0. The summed E-state index contributed by atoms with van der Waals surface area (Å²) in [5, 5.41) is 12.8. The van der Waals surface area contributed by atoms with Gasteiger partial charge in [0.05, 0.1) is 6.10 Å². The third kappa shape index (κ3) is 2.92. The first-order chi connectivity index (χ1) is 7.15. The van der Waals surface area contributed by atoms with Gasteiger partial charge < -0.3 is 15.3 Å². The number of nitrogens with one attached hydrogen (secondary N) is 1. The van der Waals surface area contributed by atoms with Crippen LogP contribution in [0.5, 0.6) is 0 Å². The number of β-amino-alcohol motifs (C(OH)–C–C–N with tert-alkyl or cyclic N) is 1. The van der Waals surface area contributed by atoms with Gasteiger partial charge in [-0.1, -0.05) is 13.8 Å². The summed E-state index contributed by atoms with van der Waals surface area (Å²) in [5.41, 5.74) is 0. The van der Waals surface area contributed by atoms with Crippen molar-refractivity contribution in [3.63, 3.8) is 0 Å². The van der Waals surface area contributed by atoms with E-state index in [0.29, 0.717) is 6.04 Å². The highest BCUT2D eigenvalue weighted by Crippen LogP contribution is 2.24. The molecule has 3 atom stereocenters. The van der Waals surface area contributed by atoms with Crippen LogP contribution in [-0.4, -0.2) is 48.3 Å². The van der Waals surface area contributed by atoms with E-state index in [1.54, 1.807) is 0 Å². The van der Waals surface area contributed by atoms with Crippen molar-refractivity contribution in [1.29, 1.82) is 0 Å². The minimum Gasteiger partial charge on any atom is -0.392 e. The lowest BCUT2D eigenvalue weighted by atomic mass is 9.95. The largest absolute Gasteiger partial charge is 0.392 e. The van der Waals surface area contributed by atoms with E-state index in [1.165, 1.54) is 19.5 Å². The Morgan fingerprint density at radius 1 is 1.47 bits per heavy atom. The highest BCUT2D eigenvalue weighted by atomic mass is 16.3. The lowest BCUT2D eigenvalue weighted by Gasteiger charge is -2.21. The summed E-state index contributed by atoms with van der Waals surface area (Å²) in [6.45, 7) is 9.06. The summed E-state index contributed by atoms with van der Waals surface area (Å²) in [6, 6.07) is 0.519. The van der Waals surface area contributed by atoms with Crippen LogP contribution < -0.4 is 5.32 Å². The van der Waals surface area contributed by atoms with E-state index < -0.39 is 0 Å². The first kappa shape index (κ1) is 11.4. The number of rotatable bonds is 3. The molecule has 0 aromatic rings. The van der Waals surface area contributed by atoms with E-state index in [2.05, 4.69) is 24.1 Å². The van der Waals surface area contributed by atoms with E-state index in [0.717, 1.165) is 31.3 Å². The molecule has 0 saturated carbocycles. The van der Waals surface area contributed by atoms with Crippen molar-refractivity contribution in [1.82, 2.24) is 10.2 Å². The van der Waals surface area contributed by atoms with Gasteiger partial charge in [0.2, 0.25) is 0 Å². The van der Waals surface area contributed by atoms with Crippen LogP contribution >= 0.6 is 0 Å². The average Bonchev–Trinajstić information content (AvgIpc) is 2.76. The molecule has 2 aliphatic heterocycles. The Morgan fingerprint density at radius 3 is 2.80 bits per heavy atom. The molecule has 3 heteroatoms. The molecular formula is C12H24N2O. The first-order valence-corrected chi connectivity index (χ1v) is 6.29. The summed E-state index contributed by atoms with van der Waals surface area (Å²) in [5.74, 6) is 1.70. The standard InChI is InChI=1S/C12H24N2O/c1-9(2)10-3-4-14(7-10)8-11-5-12(15)6-13-11/h9-13,15H,3-8H2,1-2H3. The minimum absolute atomic E-state index is 0.113. The van der Waals surface area contributed by atoms with E-state index in [1.807, 2.05) is 0 Å². The van der Waals surface area contributed by atoms with Gasteiger partial charge in [-0.2, -0.15) is 0 Å². The maximum absolute atomic E-state index is 9.43. The zero-order chi connectivity index (χ0) is 10.8. The maximum Gasteiger partial charge on any atom is 0.0680 e. The number of likely N-dealkylation sites (tertiary alicyclic amines) is 1. The molecule has 0 radical (unpaired) electrons. The molecule has 3 nitrogen and oxygen atoms in total. The highest BCUT2D eigenvalue weighted by molar-refractivity contribution is 4.86. The van der Waals surface area contributed by atoms with E-state index in [-0.39, 0.29) is 6.10 Å². The predicted molar refractivity (Wildman–Crippen MR) is 61.8 cm³/mol. The average molecular weight is 212 g/mol. The van der Waals surface area contributed by atoms with Gasteiger partial charge in [0.1, 0.15) is 0 Å². The van der Waals surface area contributed by atoms with Crippen LogP contribution in [0.15, 0.2) is 0 Å². The Labute approximate surface area is 92.8 Å². The normalized spacial score (nSPS) is 38.0. The smallest absolute Gasteiger partial charge is 0.0680 e. The van der Waals surface area contributed by atoms with Gasteiger partial charge in [0.25, 0.3) is 0 Å². The van der Waals surface area contributed by atoms with Gasteiger partial charge in [0.15, 0.2) is 0 Å². The molecule has 2 aliphatic rings. The van der Waals surface area contributed by atoms with Gasteiger partial charge >= 0.3 is 0 Å². The Kier molecular flexibility index (Phi) is 3.65. The van der Waals surface area contributed by atoms with Gasteiger partial charge in [0, 0.05) is 25.7 Å². The van der Waals surface area contributed by atoms with E-state index >= 15 is 0 Å². The molecule has 0 amide bonds. The second kappa shape index (κ2) is 4.81. The molecule has 3 unspecified atom stereocenters. The van der Waals surface area contributed by atoms with Crippen molar-refractivity contribution in [2.75, 3.05) is 26.2 Å². The zero-order valence-corrected chi connectivity index (χ0v) is 9.95. The molecule has 2 rings (SSSR count). The fourth-order valence-corrected chi connectivity index (χ4v) is 2.82. The van der Waals surface area contributed by atoms with Crippen molar-refractivity contribution in [3.05, 3.63) is 0 Å². The van der Waals surface area contributed by atoms with Crippen molar-refractivity contribution < 1.29 is 5.11 Å². The second-order valence-corrected chi connectivity index (χ2v) is 5.55. The van der Waals surface area contributed by atoms with Crippen LogP contribution in [0.3, 0.4) is 0 Å². The molecule has 0 aromatic carbocycles. The molecule has 15 heavy (non-hydrogen) atoms. The van der Waals surface area contributed by atoms with Crippen LogP contribution in [0, 0.1) is 11.8 Å². The fourth-order valence-electron chi connectivity index (χ4n) is 2.82. The number of hydrogen-bond donors (Lipinski definition) is 2. The van der Waals surface area contributed by atoms with Crippen molar-refractivity contribution in [3.8, 4) is 0 Å². The van der Waals surface area contributed by atoms with Crippen LogP contribution in [0.1, 0.15) is 26.7 Å². The van der Waals surface area contributed by atoms with Gasteiger partial charge in [-0.3, -0.25) is 0 Å². The molecule has 0 spiro atoms. The van der Waals surface area contributed by atoms with Crippen LogP contribution in [-0.2, 0) is 0 Å². The van der Waals surface area contributed by atoms with Crippen molar-refractivity contribution in [2.45, 2.75) is 38.8 Å². The predicted octanol–water partition coefficient (Wildman–Crippen LogP) is 0.687. The molecule has 0 bridgehead atoms. The highest BCUT2D eigenvalue weighted by Gasteiger charge is 2.29. The summed E-state index contributed by atoms with van der Waals surface area (Å²) < 4.78 is 0. The summed E-state index contributed by atoms with van der Waals surface area (Å²) >= 11 is 0. The molecular weight excluding hydrogens is 188 g/mol. The number of nitrogens with zero attached hydrogens (tertiary/aromatic N) is 1. The fraction of sp³-hybridized carbons (Fsp3) is 1.00. The Bertz CT molecular complexity index is 208. The van der Waals surface area contributed by atoms with Crippen molar-refractivity contribution >= 4 is 0 Å². The molecule has 2 heterocycles. The number of hydrogen-bond acceptors (Lipinski definition) is 3. The van der Waals surface area contributed by atoms with Crippen molar-refractivity contribution in [2.24, 2.45) is 11.8 Å². The van der Waals surface area contributed by atoms with E-state index in [9.17, 15) is 5.11 Å². The molecule has 2 N–H and O–H groups in total. The van der Waals surface area contributed by atoms with Gasteiger partial charge in [-0.25, -0.2) is 0 Å². The number of aliphatic hydroxyl groups is 1. The summed E-state index contributed by atoms with van der Waals surface area (Å²) in [4.78, 5) is 2.56.